The van der Waals surface area contributed by atoms with E-state index in [2.05, 4.69) is 20.6 Å². The molecule has 0 aliphatic carbocycles. The van der Waals surface area contributed by atoms with Gasteiger partial charge in [0.2, 0.25) is 0 Å². The third-order valence-electron chi connectivity index (χ3n) is 4.11. The average molecular weight is 922 g/mol. The highest BCUT2D eigenvalue weighted by molar-refractivity contribution is 8.29. The van der Waals surface area contributed by atoms with Crippen molar-refractivity contribution in [1.29, 1.82) is 0 Å². The highest BCUT2D eigenvalue weighted by atomic mass is 32.3. The van der Waals surface area contributed by atoms with Gasteiger partial charge in [0, 0.05) is 84.8 Å². The molecule has 0 radical (unpaired) electrons. The van der Waals surface area contributed by atoms with Crippen LogP contribution in [-0.4, -0.2) is 147 Å². The zero-order valence-electron chi connectivity index (χ0n) is 25.7. The number of aliphatic hydroxyl groups is 2. The first-order valence-corrected chi connectivity index (χ1v) is 29.8. The number of rotatable bonds is 34. The molecule has 0 saturated carbocycles. The first-order chi connectivity index (χ1) is 23.0. The molecule has 0 aromatic rings. The Morgan fingerprint density at radius 1 is 0.532 bits per heavy atom. The van der Waals surface area contributed by atoms with Gasteiger partial charge in [0.1, 0.15) is 0 Å². The van der Waals surface area contributed by atoms with Crippen LogP contribution < -0.4 is 10.6 Å². The zero-order chi connectivity index (χ0) is 34.5. The van der Waals surface area contributed by atoms with Crippen LogP contribution in [0.3, 0.4) is 0 Å². The topological polar surface area (TPSA) is 158 Å². The molecule has 10 nitrogen and oxygen atoms in total. The highest BCUT2D eigenvalue weighted by Crippen LogP contribution is 2.19. The molecule has 0 bridgehead atoms. The van der Waals surface area contributed by atoms with Crippen LogP contribution in [0.5, 0.6) is 0 Å². The van der Waals surface area contributed by atoms with E-state index < -0.39 is 21.6 Å². The van der Waals surface area contributed by atoms with Gasteiger partial charge < -0.3 is 20.8 Å². The van der Waals surface area contributed by atoms with Crippen molar-refractivity contribution in [1.82, 2.24) is 10.6 Å². The molecule has 24 heteroatoms. The van der Waals surface area contributed by atoms with Crippen molar-refractivity contribution in [2.45, 2.75) is 0 Å². The van der Waals surface area contributed by atoms with Gasteiger partial charge in [-0.3, -0.25) is 28.0 Å². The van der Waals surface area contributed by atoms with Gasteiger partial charge in [-0.1, -0.05) is 23.5 Å². The van der Waals surface area contributed by atoms with E-state index in [0.717, 1.165) is 48.4 Å². The van der Waals surface area contributed by atoms with Crippen LogP contribution in [0.15, 0.2) is 9.98 Å². The fourth-order valence-electron chi connectivity index (χ4n) is 2.22. The number of hydrogen-bond donors (Lipinski definition) is 4. The molecule has 0 rings (SSSR count). The maximum absolute atomic E-state index is 12.1. The van der Waals surface area contributed by atoms with E-state index >= 15 is 0 Å². The zero-order valence-corrected chi connectivity index (χ0v) is 37.2. The standard InChI is InChI=1S/C23H44N4O6S14/c28-11-38-15-40-18-44-22(30)26-3-7-36-14-35-6-2-25-10-47(33)21-43-17-41-19-45-23(31)27-4-8-37-13-34-5-1-24-9-46(32)20-42-16-39-12-29/h9-10,28-29H,1-8,11-21H2,(H,26,30)(H,27,31). The van der Waals surface area contributed by atoms with Gasteiger partial charge >= 0.3 is 0 Å². The van der Waals surface area contributed by atoms with Gasteiger partial charge in [-0.25, -0.2) is 0 Å². The molecule has 0 spiro atoms. The van der Waals surface area contributed by atoms with Gasteiger partial charge in [0.25, 0.3) is 10.5 Å². The van der Waals surface area contributed by atoms with E-state index in [9.17, 15) is 18.0 Å². The fraction of sp³-hybridized carbons (Fsp3) is 0.826. The molecule has 0 heterocycles. The lowest BCUT2D eigenvalue weighted by molar-refractivity contribution is 0.260. The first kappa shape index (κ1) is 49.7. The Morgan fingerprint density at radius 3 is 1.36 bits per heavy atom. The van der Waals surface area contributed by atoms with Crippen LogP contribution in [-0.2, 0) is 21.6 Å². The Kier molecular flexibility index (Phi) is 43.8. The summed E-state index contributed by atoms with van der Waals surface area (Å²) in [4.78, 5) is 32.1. The number of carbonyl (C=O) groups is 2. The molecule has 0 aromatic carbocycles. The minimum atomic E-state index is -1.10. The summed E-state index contributed by atoms with van der Waals surface area (Å²) in [7, 11) is -2.16. The maximum atomic E-state index is 12.1. The summed E-state index contributed by atoms with van der Waals surface area (Å²) in [6.45, 7) is 2.54. The number of nitrogens with zero attached hydrogens (tertiary/aromatic N) is 2. The van der Waals surface area contributed by atoms with E-state index in [1.54, 1.807) is 82.3 Å². The second kappa shape index (κ2) is 41.5. The molecule has 4 N–H and O–H groups in total. The van der Waals surface area contributed by atoms with Gasteiger partial charge in [0.05, 0.1) is 54.7 Å². The monoisotopic (exact) mass is 920 g/mol. The highest BCUT2D eigenvalue weighted by Gasteiger charge is 2.04. The summed E-state index contributed by atoms with van der Waals surface area (Å²) >= 11 is 18.8. The summed E-state index contributed by atoms with van der Waals surface area (Å²) < 4.78 is 23.8. The SMILES string of the molecule is O=C(NCCSCSCCN=CS(=O)CSCSCSC(=O)NCCSCSCCN=CS(=O)CSCSCO)SCSCSCO. The summed E-state index contributed by atoms with van der Waals surface area (Å²) in [5, 5.41) is 29.6. The molecule has 0 saturated heterocycles. The van der Waals surface area contributed by atoms with Crippen molar-refractivity contribution in [2.75, 3.05) is 107 Å². The van der Waals surface area contributed by atoms with Crippen LogP contribution >= 0.6 is 141 Å². The van der Waals surface area contributed by atoms with Crippen molar-refractivity contribution in [3.8, 4) is 0 Å². The number of carbonyl (C=O) groups excluding carboxylic acids is 2. The first-order valence-electron chi connectivity index (χ1n) is 13.5. The van der Waals surface area contributed by atoms with E-state index in [0.29, 0.717) is 46.5 Å². The number of aliphatic hydroxyl groups excluding tert-OH is 2. The second-order valence-corrected chi connectivity index (χ2v) is 25.7. The lowest BCUT2D eigenvalue weighted by atomic mass is 10.8. The minimum Gasteiger partial charge on any atom is -0.386 e. The Morgan fingerprint density at radius 2 is 0.915 bits per heavy atom. The molecule has 2 unspecified atom stereocenters. The number of nitrogens with one attached hydrogen (secondary N) is 2. The largest absolute Gasteiger partial charge is 0.386 e. The van der Waals surface area contributed by atoms with Crippen molar-refractivity contribution >= 4 is 184 Å². The van der Waals surface area contributed by atoms with Crippen molar-refractivity contribution in [2.24, 2.45) is 9.98 Å². The smallest absolute Gasteiger partial charge is 0.279 e. The predicted octanol–water partition coefficient (Wildman–Crippen LogP) is 6.28. The normalized spacial score (nSPS) is 13.0. The van der Waals surface area contributed by atoms with Gasteiger partial charge in [-0.05, 0) is 0 Å². The summed E-state index contributed by atoms with van der Waals surface area (Å²) in [6.07, 6.45) is 0. The van der Waals surface area contributed by atoms with Crippen molar-refractivity contribution in [3.63, 3.8) is 0 Å². The van der Waals surface area contributed by atoms with Crippen molar-refractivity contribution < 1.29 is 28.2 Å². The van der Waals surface area contributed by atoms with Crippen LogP contribution in [0.1, 0.15) is 0 Å². The number of hydrogen-bond acceptors (Lipinski definition) is 20. The van der Waals surface area contributed by atoms with Crippen LogP contribution in [0.4, 0.5) is 9.59 Å². The molecule has 47 heavy (non-hydrogen) atoms. The Hall–Kier alpha value is 2.70. The number of aliphatic imine (C=N–C) groups is 2. The molecular formula is C23H44N4O6S14. The predicted molar refractivity (Wildman–Crippen MR) is 238 cm³/mol. The molecule has 2 atom stereocenters. The molecule has 0 aliphatic rings. The van der Waals surface area contributed by atoms with E-state index in [4.69, 9.17) is 10.2 Å². The average Bonchev–Trinajstić information content (AvgIpc) is 3.06. The van der Waals surface area contributed by atoms with Gasteiger partial charge in [0.15, 0.2) is 0 Å². The molecule has 0 aromatic heterocycles. The van der Waals surface area contributed by atoms with Gasteiger partial charge in [-0.2, -0.15) is 0 Å². The van der Waals surface area contributed by atoms with Gasteiger partial charge in [-0.15, -0.1) is 118 Å². The number of amides is 2. The Bertz CT molecular complexity index is 869. The molecule has 0 aliphatic heterocycles. The van der Waals surface area contributed by atoms with E-state index in [-0.39, 0.29) is 22.4 Å². The Balaban J connectivity index is 3.44. The molecular weight excluding hydrogens is 877 g/mol. The lowest BCUT2D eigenvalue weighted by Crippen LogP contribution is -2.21. The minimum absolute atomic E-state index is 0.0118. The summed E-state index contributed by atoms with van der Waals surface area (Å²) in [5.74, 6) is 3.62. The van der Waals surface area contributed by atoms with E-state index in [1.165, 1.54) is 69.9 Å². The third kappa shape index (κ3) is 41.3. The fourth-order valence-corrected chi connectivity index (χ4v) is 15.8. The van der Waals surface area contributed by atoms with E-state index in [1.807, 2.05) is 0 Å². The van der Waals surface area contributed by atoms with Crippen LogP contribution in [0, 0.1) is 0 Å². The molecule has 276 valence electrons. The summed E-state index contributed by atoms with van der Waals surface area (Å²) in [6, 6.07) is 0. The Labute approximate surface area is 336 Å². The van der Waals surface area contributed by atoms with Crippen LogP contribution in [0.25, 0.3) is 0 Å². The second-order valence-electron chi connectivity index (χ2n) is 7.68. The quantitative estimate of drug-likeness (QED) is 0.0247. The molecule has 2 amide bonds. The summed E-state index contributed by atoms with van der Waals surface area (Å²) in [5.41, 5.74) is 3.04. The van der Waals surface area contributed by atoms with Crippen molar-refractivity contribution in [3.05, 3.63) is 0 Å². The third-order valence-corrected chi connectivity index (χ3v) is 20.1. The van der Waals surface area contributed by atoms with Crippen LogP contribution in [0.2, 0.25) is 0 Å². The maximum Gasteiger partial charge on any atom is 0.279 e. The molecule has 0 fully saturated rings. The lowest BCUT2D eigenvalue weighted by Gasteiger charge is -2.05. The number of thioether (sulfide) groups is 12.